The minimum atomic E-state index is -3.66. The summed E-state index contributed by atoms with van der Waals surface area (Å²) < 4.78 is 31.7. The van der Waals surface area contributed by atoms with Crippen LogP contribution in [0.4, 0.5) is 0 Å². The highest BCUT2D eigenvalue weighted by molar-refractivity contribution is 7.89. The van der Waals surface area contributed by atoms with Crippen LogP contribution in [0.5, 0.6) is 0 Å². The number of esters is 1. The molecule has 0 aliphatic heterocycles. The summed E-state index contributed by atoms with van der Waals surface area (Å²) in [6.45, 7) is 0.457. The number of benzene rings is 1. The lowest BCUT2D eigenvalue weighted by atomic mass is 9.90. The van der Waals surface area contributed by atoms with Crippen molar-refractivity contribution in [2.45, 2.75) is 43.4 Å². The van der Waals surface area contributed by atoms with E-state index < -0.39 is 10.0 Å². The van der Waals surface area contributed by atoms with Gasteiger partial charge in [0.15, 0.2) is 0 Å². The number of sulfonamides is 1. The summed E-state index contributed by atoms with van der Waals surface area (Å²) in [7, 11) is -3.66. The maximum Gasteiger partial charge on any atom is 0.307 e. The number of carbonyl (C=O) groups is 1. The molecule has 0 saturated heterocycles. The molecule has 0 heterocycles. The van der Waals surface area contributed by atoms with Crippen LogP contribution in [0, 0.1) is 5.92 Å². The van der Waals surface area contributed by atoms with Gasteiger partial charge in [0.1, 0.15) is 0 Å². The molecule has 7 heteroatoms. The zero-order valence-corrected chi connectivity index (χ0v) is 14.5. The third kappa shape index (κ3) is 6.12. The summed E-state index contributed by atoms with van der Waals surface area (Å²) in [5.74, 6) is 0.0835. The number of rotatable bonds is 7. The molecule has 0 radical (unpaired) electrons. The highest BCUT2D eigenvalue weighted by Gasteiger charge is 2.17. The molecule has 1 aliphatic carbocycles. The van der Waals surface area contributed by atoms with Gasteiger partial charge in [-0.3, -0.25) is 4.79 Å². The van der Waals surface area contributed by atoms with Gasteiger partial charge in [-0.05, 0) is 37.0 Å². The first kappa shape index (κ1) is 18.2. The van der Waals surface area contributed by atoms with E-state index in [0.29, 0.717) is 17.5 Å². The lowest BCUT2D eigenvalue weighted by Gasteiger charge is -2.21. The SMILES string of the molecule is O=C(CCNS(=O)(=O)c1cccc(Cl)c1)OCC1CCCCC1. The topological polar surface area (TPSA) is 72.5 Å². The molecule has 0 aromatic heterocycles. The van der Waals surface area contributed by atoms with Crippen molar-refractivity contribution in [1.82, 2.24) is 4.72 Å². The minimum absolute atomic E-state index is 0.0122. The summed E-state index contributed by atoms with van der Waals surface area (Å²) in [6, 6.07) is 5.99. The Morgan fingerprint density at radius 1 is 1.26 bits per heavy atom. The van der Waals surface area contributed by atoms with Gasteiger partial charge < -0.3 is 4.74 Å². The molecule has 0 unspecified atom stereocenters. The molecule has 0 bridgehead atoms. The molecule has 1 N–H and O–H groups in total. The summed E-state index contributed by atoms with van der Waals surface area (Å²) in [4.78, 5) is 11.8. The Bertz CT molecular complexity index is 627. The second-order valence-electron chi connectivity index (χ2n) is 5.79. The Morgan fingerprint density at radius 2 is 2.00 bits per heavy atom. The Labute approximate surface area is 142 Å². The van der Waals surface area contributed by atoms with E-state index in [1.807, 2.05) is 0 Å². The molecule has 5 nitrogen and oxygen atoms in total. The Hall–Kier alpha value is -1.11. The van der Waals surface area contributed by atoms with Crippen molar-refractivity contribution >= 4 is 27.6 Å². The smallest absolute Gasteiger partial charge is 0.307 e. The van der Waals surface area contributed by atoms with Crippen LogP contribution < -0.4 is 4.72 Å². The van der Waals surface area contributed by atoms with E-state index >= 15 is 0 Å². The van der Waals surface area contributed by atoms with Crippen LogP contribution in [0.1, 0.15) is 38.5 Å². The Morgan fingerprint density at radius 3 is 2.70 bits per heavy atom. The molecule has 0 amide bonds. The van der Waals surface area contributed by atoms with Gasteiger partial charge in [0.25, 0.3) is 0 Å². The lowest BCUT2D eigenvalue weighted by Crippen LogP contribution is -2.27. The molecule has 1 aromatic rings. The first-order valence-electron chi connectivity index (χ1n) is 7.88. The third-order valence-electron chi connectivity index (χ3n) is 3.93. The van der Waals surface area contributed by atoms with Crippen LogP contribution in [0.25, 0.3) is 0 Å². The average Bonchev–Trinajstić information content (AvgIpc) is 2.54. The molecule has 0 spiro atoms. The maximum absolute atomic E-state index is 12.0. The van der Waals surface area contributed by atoms with Crippen molar-refractivity contribution < 1.29 is 17.9 Å². The van der Waals surface area contributed by atoms with Crippen molar-refractivity contribution in [3.63, 3.8) is 0 Å². The fourth-order valence-corrected chi connectivity index (χ4v) is 3.97. The van der Waals surface area contributed by atoms with E-state index in [1.54, 1.807) is 12.1 Å². The zero-order valence-electron chi connectivity index (χ0n) is 13.0. The number of nitrogens with one attached hydrogen (secondary N) is 1. The Balaban J connectivity index is 1.72. The molecule has 0 atom stereocenters. The van der Waals surface area contributed by atoms with Crippen LogP contribution in [0.3, 0.4) is 0 Å². The molecular weight excluding hydrogens is 338 g/mol. The van der Waals surface area contributed by atoms with Gasteiger partial charge in [-0.2, -0.15) is 0 Å². The van der Waals surface area contributed by atoms with Crippen molar-refractivity contribution in [3.8, 4) is 0 Å². The average molecular weight is 360 g/mol. The zero-order chi connectivity index (χ0) is 16.7. The molecule has 1 fully saturated rings. The van der Waals surface area contributed by atoms with Crippen molar-refractivity contribution in [1.29, 1.82) is 0 Å². The van der Waals surface area contributed by atoms with E-state index in [4.69, 9.17) is 16.3 Å². The standard InChI is InChI=1S/C16H22ClNO4S/c17-14-7-4-8-15(11-14)23(20,21)18-10-9-16(19)22-12-13-5-2-1-3-6-13/h4,7-8,11,13,18H,1-3,5-6,9-10,12H2. The van der Waals surface area contributed by atoms with Crippen LogP contribution >= 0.6 is 11.6 Å². The van der Waals surface area contributed by atoms with Crippen LogP contribution in [0.2, 0.25) is 5.02 Å². The molecule has 1 aromatic carbocycles. The third-order valence-corrected chi connectivity index (χ3v) is 5.63. The highest BCUT2D eigenvalue weighted by Crippen LogP contribution is 2.23. The number of carbonyl (C=O) groups excluding carboxylic acids is 1. The summed E-state index contributed by atoms with van der Waals surface area (Å²) in [5.41, 5.74) is 0. The number of hydrogen-bond donors (Lipinski definition) is 1. The molecule has 2 rings (SSSR count). The van der Waals surface area contributed by atoms with E-state index in [0.717, 1.165) is 12.8 Å². The maximum atomic E-state index is 12.0. The van der Waals surface area contributed by atoms with Gasteiger partial charge in [-0.1, -0.05) is 36.9 Å². The highest BCUT2D eigenvalue weighted by atomic mass is 35.5. The predicted molar refractivity (Wildman–Crippen MR) is 88.8 cm³/mol. The van der Waals surface area contributed by atoms with Crippen LogP contribution in [-0.2, 0) is 19.6 Å². The fraction of sp³-hybridized carbons (Fsp3) is 0.562. The Kier molecular flexibility index (Phi) is 6.87. The number of ether oxygens (including phenoxy) is 1. The second kappa shape index (κ2) is 8.66. The molecule has 1 aliphatic rings. The van der Waals surface area contributed by atoms with Gasteiger partial charge in [-0.25, -0.2) is 13.1 Å². The first-order valence-corrected chi connectivity index (χ1v) is 9.74. The van der Waals surface area contributed by atoms with Crippen LogP contribution in [-0.4, -0.2) is 27.5 Å². The molecule has 23 heavy (non-hydrogen) atoms. The van der Waals surface area contributed by atoms with Gasteiger partial charge in [0, 0.05) is 11.6 Å². The lowest BCUT2D eigenvalue weighted by molar-refractivity contribution is -0.145. The van der Waals surface area contributed by atoms with E-state index in [9.17, 15) is 13.2 Å². The summed E-state index contributed by atoms with van der Waals surface area (Å²) >= 11 is 5.78. The first-order chi connectivity index (χ1) is 11.0. The molecule has 128 valence electrons. The fourth-order valence-electron chi connectivity index (χ4n) is 2.64. The second-order valence-corrected chi connectivity index (χ2v) is 8.00. The minimum Gasteiger partial charge on any atom is -0.465 e. The molecular formula is C16H22ClNO4S. The van der Waals surface area contributed by atoms with E-state index in [-0.39, 0.29) is 23.8 Å². The number of halogens is 1. The van der Waals surface area contributed by atoms with Gasteiger partial charge >= 0.3 is 5.97 Å². The van der Waals surface area contributed by atoms with Crippen molar-refractivity contribution in [3.05, 3.63) is 29.3 Å². The number of hydrogen-bond acceptors (Lipinski definition) is 4. The predicted octanol–water partition coefficient (Wildman–Crippen LogP) is 3.13. The van der Waals surface area contributed by atoms with Gasteiger partial charge in [0.2, 0.25) is 10.0 Å². The van der Waals surface area contributed by atoms with Gasteiger partial charge in [0.05, 0.1) is 17.9 Å². The normalized spacial score (nSPS) is 16.2. The van der Waals surface area contributed by atoms with E-state index in [1.165, 1.54) is 31.4 Å². The van der Waals surface area contributed by atoms with Crippen LogP contribution in [0.15, 0.2) is 29.2 Å². The van der Waals surface area contributed by atoms with E-state index in [2.05, 4.69) is 4.72 Å². The quantitative estimate of drug-likeness (QED) is 0.759. The monoisotopic (exact) mass is 359 g/mol. The van der Waals surface area contributed by atoms with Crippen molar-refractivity contribution in [2.24, 2.45) is 5.92 Å². The summed E-state index contributed by atoms with van der Waals surface area (Å²) in [6.07, 6.45) is 5.88. The molecule has 1 saturated carbocycles. The van der Waals surface area contributed by atoms with Crippen molar-refractivity contribution in [2.75, 3.05) is 13.2 Å². The largest absolute Gasteiger partial charge is 0.465 e. The summed E-state index contributed by atoms with van der Waals surface area (Å²) in [5, 5.41) is 0.347. The van der Waals surface area contributed by atoms with Gasteiger partial charge in [-0.15, -0.1) is 0 Å².